The number of rotatable bonds is 7. The molecule has 0 aliphatic carbocycles. The molecule has 12 aromatic carbocycles. The van der Waals surface area contributed by atoms with Crippen molar-refractivity contribution in [2.45, 2.75) is 0 Å². The molecule has 2 nitrogen and oxygen atoms in total. The summed E-state index contributed by atoms with van der Waals surface area (Å²) in [7, 11) is 0. The first kappa shape index (κ1) is 37.8. The lowest BCUT2D eigenvalue weighted by atomic mass is 9.84. The molecular weight excluding hydrogens is 799 g/mol. The van der Waals surface area contributed by atoms with Gasteiger partial charge in [-0.05, 0) is 131 Å². The molecule has 0 bridgehead atoms. The fourth-order valence-corrected chi connectivity index (χ4v) is 10.4. The molecule has 1 aromatic heterocycles. The second-order valence-electron chi connectivity index (χ2n) is 17.2. The lowest BCUT2D eigenvalue weighted by Gasteiger charge is -2.26. The maximum Gasteiger partial charge on any atom is 0.143 e. The van der Waals surface area contributed by atoms with E-state index in [1.807, 2.05) is 0 Å². The van der Waals surface area contributed by atoms with Crippen molar-refractivity contribution >= 4 is 82.1 Å². The van der Waals surface area contributed by atoms with Crippen molar-refractivity contribution in [2.75, 3.05) is 4.90 Å². The molecule has 0 atom stereocenters. The third-order valence-electron chi connectivity index (χ3n) is 13.4. The van der Waals surface area contributed by atoms with Crippen molar-refractivity contribution in [1.82, 2.24) is 0 Å². The molecule has 13 rings (SSSR count). The first-order chi connectivity index (χ1) is 32.7. The van der Waals surface area contributed by atoms with Gasteiger partial charge in [0.15, 0.2) is 0 Å². The van der Waals surface area contributed by atoms with Gasteiger partial charge in [0, 0.05) is 39.3 Å². The summed E-state index contributed by atoms with van der Waals surface area (Å²) in [5, 5.41) is 12.0. The molecule has 66 heavy (non-hydrogen) atoms. The fourth-order valence-electron chi connectivity index (χ4n) is 10.4. The van der Waals surface area contributed by atoms with Crippen LogP contribution in [0, 0.1) is 0 Å². The van der Waals surface area contributed by atoms with Gasteiger partial charge in [-0.2, -0.15) is 0 Å². The Morgan fingerprint density at radius 1 is 0.258 bits per heavy atom. The number of benzene rings is 12. The van der Waals surface area contributed by atoms with Gasteiger partial charge in [-0.25, -0.2) is 0 Å². The Bertz CT molecular complexity index is 3970. The van der Waals surface area contributed by atoms with Crippen molar-refractivity contribution < 1.29 is 4.42 Å². The minimum Gasteiger partial charge on any atom is -0.455 e. The van der Waals surface area contributed by atoms with Gasteiger partial charge in [0.2, 0.25) is 0 Å². The smallest absolute Gasteiger partial charge is 0.143 e. The van der Waals surface area contributed by atoms with E-state index in [1.54, 1.807) is 0 Å². The maximum atomic E-state index is 6.77. The van der Waals surface area contributed by atoms with Crippen molar-refractivity contribution in [1.29, 1.82) is 0 Å². The van der Waals surface area contributed by atoms with E-state index in [1.165, 1.54) is 71.1 Å². The SMILES string of the molecule is c1ccc(-c2c(-c3ccccc3)c3cc(-c4cccc(N(c5ccc(-c6cccc7ccccc67)cc5)c5ccc6c(c5)oc5c7ccccc7ccc65)c4)ccc3c3ccccc23)cc1. The maximum absolute atomic E-state index is 6.77. The molecule has 0 fully saturated rings. The summed E-state index contributed by atoms with van der Waals surface area (Å²) in [5.74, 6) is 0. The molecule has 0 saturated heterocycles. The molecule has 0 aliphatic heterocycles. The summed E-state index contributed by atoms with van der Waals surface area (Å²) >= 11 is 0. The summed E-state index contributed by atoms with van der Waals surface area (Å²) < 4.78 is 6.77. The third kappa shape index (κ3) is 6.26. The van der Waals surface area contributed by atoms with Crippen LogP contribution in [0.3, 0.4) is 0 Å². The second kappa shape index (κ2) is 15.5. The van der Waals surface area contributed by atoms with Crippen LogP contribution >= 0.6 is 0 Å². The topological polar surface area (TPSA) is 16.4 Å². The van der Waals surface area contributed by atoms with Crippen molar-refractivity contribution in [3.8, 4) is 44.5 Å². The Labute approximate surface area is 382 Å². The van der Waals surface area contributed by atoms with E-state index in [0.29, 0.717) is 0 Å². The zero-order chi connectivity index (χ0) is 43.6. The van der Waals surface area contributed by atoms with Crippen LogP contribution in [0.25, 0.3) is 110 Å². The summed E-state index contributed by atoms with van der Waals surface area (Å²) in [6.45, 7) is 0. The van der Waals surface area contributed by atoms with Crippen LogP contribution in [0.4, 0.5) is 17.1 Å². The number of nitrogens with zero attached hydrogens (tertiary/aromatic N) is 1. The van der Waals surface area contributed by atoms with E-state index in [2.05, 4.69) is 254 Å². The summed E-state index contributed by atoms with van der Waals surface area (Å²) in [6, 6.07) is 90.2. The number of hydrogen-bond donors (Lipinski definition) is 0. The average molecular weight is 840 g/mol. The molecule has 0 amide bonds. The molecule has 0 saturated carbocycles. The van der Waals surface area contributed by atoms with Gasteiger partial charge in [0.05, 0.1) is 0 Å². The fraction of sp³-hybridized carbons (Fsp3) is 0. The largest absolute Gasteiger partial charge is 0.455 e. The van der Waals surface area contributed by atoms with Gasteiger partial charge >= 0.3 is 0 Å². The van der Waals surface area contributed by atoms with Gasteiger partial charge in [-0.15, -0.1) is 0 Å². The van der Waals surface area contributed by atoms with Crippen LogP contribution in [-0.2, 0) is 0 Å². The van der Waals surface area contributed by atoms with Crippen LogP contribution in [0.2, 0.25) is 0 Å². The Morgan fingerprint density at radius 2 is 0.773 bits per heavy atom. The number of anilines is 3. The van der Waals surface area contributed by atoms with E-state index >= 15 is 0 Å². The first-order valence-corrected chi connectivity index (χ1v) is 22.7. The minimum atomic E-state index is 0.858. The van der Waals surface area contributed by atoms with Gasteiger partial charge < -0.3 is 9.32 Å². The molecule has 13 aromatic rings. The molecule has 0 unspecified atom stereocenters. The summed E-state index contributed by atoms with van der Waals surface area (Å²) in [6.07, 6.45) is 0. The monoisotopic (exact) mass is 839 g/mol. The van der Waals surface area contributed by atoms with Crippen molar-refractivity contribution in [2.24, 2.45) is 0 Å². The molecular formula is C64H41NO. The lowest BCUT2D eigenvalue weighted by molar-refractivity contribution is 0.672. The Morgan fingerprint density at radius 3 is 1.55 bits per heavy atom. The molecule has 308 valence electrons. The van der Waals surface area contributed by atoms with Crippen LogP contribution in [0.1, 0.15) is 0 Å². The van der Waals surface area contributed by atoms with Crippen LogP contribution in [0.15, 0.2) is 253 Å². The van der Waals surface area contributed by atoms with E-state index in [-0.39, 0.29) is 0 Å². The van der Waals surface area contributed by atoms with Gasteiger partial charge in [-0.3, -0.25) is 0 Å². The van der Waals surface area contributed by atoms with E-state index in [9.17, 15) is 0 Å². The van der Waals surface area contributed by atoms with Crippen LogP contribution < -0.4 is 4.90 Å². The standard InChI is InChI=1S/C64H41NO/c1-3-17-45(18-4-1)62-58-27-12-11-26-55(58)56-36-32-48(40-60(56)63(62)46-19-5-2-6-20-46)47-22-13-23-50(39-47)65(49-33-29-44(30-34-49)53-28-14-21-42-15-7-9-24-52(42)53)51-35-38-57-59-37-31-43-16-8-10-25-54(43)64(59)66-61(57)41-51/h1-41H. The van der Waals surface area contributed by atoms with E-state index < -0.39 is 0 Å². The highest BCUT2D eigenvalue weighted by Gasteiger charge is 2.20. The normalized spacial score (nSPS) is 11.6. The number of fused-ring (bicyclic) bond motifs is 9. The Hall–Kier alpha value is -8.72. The average Bonchev–Trinajstić information content (AvgIpc) is 3.77. The molecule has 0 N–H and O–H groups in total. The minimum absolute atomic E-state index is 0.858. The predicted molar refractivity (Wildman–Crippen MR) is 280 cm³/mol. The summed E-state index contributed by atoms with van der Waals surface area (Å²) in [5.41, 5.74) is 14.5. The molecule has 0 spiro atoms. The van der Waals surface area contributed by atoms with Crippen molar-refractivity contribution in [3.63, 3.8) is 0 Å². The van der Waals surface area contributed by atoms with Crippen LogP contribution in [-0.4, -0.2) is 0 Å². The number of furan rings is 1. The van der Waals surface area contributed by atoms with E-state index in [4.69, 9.17) is 4.42 Å². The third-order valence-corrected chi connectivity index (χ3v) is 13.4. The van der Waals surface area contributed by atoms with Gasteiger partial charge in [0.25, 0.3) is 0 Å². The molecule has 2 heteroatoms. The predicted octanol–water partition coefficient (Wildman–Crippen LogP) is 18.3. The molecule has 0 radical (unpaired) electrons. The Balaban J connectivity index is 0.995. The summed E-state index contributed by atoms with van der Waals surface area (Å²) in [4.78, 5) is 2.36. The first-order valence-electron chi connectivity index (χ1n) is 22.7. The number of hydrogen-bond acceptors (Lipinski definition) is 2. The molecule has 0 aliphatic rings. The van der Waals surface area contributed by atoms with Crippen molar-refractivity contribution in [3.05, 3.63) is 249 Å². The second-order valence-corrected chi connectivity index (χ2v) is 17.2. The highest BCUT2D eigenvalue weighted by Crippen LogP contribution is 2.47. The zero-order valence-corrected chi connectivity index (χ0v) is 36.0. The van der Waals surface area contributed by atoms with Crippen LogP contribution in [0.5, 0.6) is 0 Å². The van der Waals surface area contributed by atoms with Gasteiger partial charge in [0.1, 0.15) is 11.2 Å². The lowest BCUT2D eigenvalue weighted by Crippen LogP contribution is -2.10. The highest BCUT2D eigenvalue weighted by atomic mass is 16.3. The highest BCUT2D eigenvalue weighted by molar-refractivity contribution is 6.22. The molecule has 1 heterocycles. The quantitative estimate of drug-likeness (QED) is 0.149. The van der Waals surface area contributed by atoms with Gasteiger partial charge in [-0.1, -0.05) is 194 Å². The Kier molecular flexibility index (Phi) is 8.89. The zero-order valence-electron chi connectivity index (χ0n) is 36.0. The van der Waals surface area contributed by atoms with E-state index in [0.717, 1.165) is 55.5 Å².